The SMILES string of the molecule is COc1ccc(OC)c(CN2CCN(Cc3cc(C)no3)CC2)c1. The summed E-state index contributed by atoms with van der Waals surface area (Å²) < 4.78 is 16.1. The first-order valence-corrected chi connectivity index (χ1v) is 8.25. The summed E-state index contributed by atoms with van der Waals surface area (Å²) in [6.45, 7) is 7.73. The fraction of sp³-hybridized carbons (Fsp3) is 0.500. The second-order valence-electron chi connectivity index (χ2n) is 6.16. The topological polar surface area (TPSA) is 51.0 Å². The number of benzene rings is 1. The minimum atomic E-state index is 0.831. The predicted octanol–water partition coefficient (Wildman–Crippen LogP) is 2.32. The van der Waals surface area contributed by atoms with Gasteiger partial charge in [-0.1, -0.05) is 5.16 Å². The van der Waals surface area contributed by atoms with Gasteiger partial charge in [0.05, 0.1) is 26.5 Å². The quantitative estimate of drug-likeness (QED) is 0.810. The minimum absolute atomic E-state index is 0.831. The highest BCUT2D eigenvalue weighted by Crippen LogP contribution is 2.25. The third-order valence-corrected chi connectivity index (χ3v) is 4.40. The second-order valence-corrected chi connectivity index (χ2v) is 6.16. The van der Waals surface area contributed by atoms with Gasteiger partial charge in [-0.15, -0.1) is 0 Å². The van der Waals surface area contributed by atoms with Gasteiger partial charge in [0.2, 0.25) is 0 Å². The van der Waals surface area contributed by atoms with Crippen LogP contribution in [0, 0.1) is 6.92 Å². The molecule has 0 amide bonds. The van der Waals surface area contributed by atoms with Crippen LogP contribution in [0.5, 0.6) is 11.5 Å². The van der Waals surface area contributed by atoms with Crippen LogP contribution in [-0.4, -0.2) is 55.4 Å². The molecule has 1 fully saturated rings. The van der Waals surface area contributed by atoms with Gasteiger partial charge >= 0.3 is 0 Å². The molecule has 0 saturated carbocycles. The standard InChI is InChI=1S/C18H25N3O3/c1-14-10-17(24-19-14)13-21-8-6-20(7-9-21)12-15-11-16(22-2)4-5-18(15)23-3/h4-5,10-11H,6-9,12-13H2,1-3H3. The zero-order valence-electron chi connectivity index (χ0n) is 14.6. The number of aromatic nitrogens is 1. The van der Waals surface area contributed by atoms with E-state index in [0.29, 0.717) is 0 Å². The van der Waals surface area contributed by atoms with Crippen LogP contribution in [0.1, 0.15) is 17.0 Å². The fourth-order valence-electron chi connectivity index (χ4n) is 3.06. The highest BCUT2D eigenvalue weighted by Gasteiger charge is 2.19. The molecule has 0 bridgehead atoms. The Morgan fingerprint density at radius 1 is 1.00 bits per heavy atom. The van der Waals surface area contributed by atoms with Crippen molar-refractivity contribution in [3.05, 3.63) is 41.3 Å². The molecule has 0 spiro atoms. The molecule has 0 atom stereocenters. The van der Waals surface area contributed by atoms with Crippen molar-refractivity contribution in [2.75, 3.05) is 40.4 Å². The van der Waals surface area contributed by atoms with E-state index in [1.807, 2.05) is 25.1 Å². The summed E-state index contributed by atoms with van der Waals surface area (Å²) in [5.41, 5.74) is 2.10. The van der Waals surface area contributed by atoms with E-state index in [1.165, 1.54) is 0 Å². The molecule has 2 aromatic rings. The van der Waals surface area contributed by atoms with E-state index in [-0.39, 0.29) is 0 Å². The lowest BCUT2D eigenvalue weighted by molar-refractivity contribution is 0.113. The number of rotatable bonds is 6. The number of methoxy groups -OCH3 is 2. The summed E-state index contributed by atoms with van der Waals surface area (Å²) in [6.07, 6.45) is 0. The van der Waals surface area contributed by atoms with Crippen LogP contribution in [0.2, 0.25) is 0 Å². The molecule has 1 saturated heterocycles. The Morgan fingerprint density at radius 2 is 1.71 bits per heavy atom. The van der Waals surface area contributed by atoms with Gasteiger partial charge in [0.25, 0.3) is 0 Å². The van der Waals surface area contributed by atoms with Crippen LogP contribution in [0.4, 0.5) is 0 Å². The third-order valence-electron chi connectivity index (χ3n) is 4.40. The van der Waals surface area contributed by atoms with Crippen molar-refractivity contribution >= 4 is 0 Å². The maximum Gasteiger partial charge on any atom is 0.150 e. The lowest BCUT2D eigenvalue weighted by Crippen LogP contribution is -2.45. The van der Waals surface area contributed by atoms with Crippen LogP contribution in [0.15, 0.2) is 28.8 Å². The molecule has 130 valence electrons. The largest absolute Gasteiger partial charge is 0.497 e. The van der Waals surface area contributed by atoms with Gasteiger partial charge in [0, 0.05) is 44.4 Å². The Bertz CT molecular complexity index is 663. The predicted molar refractivity (Wildman–Crippen MR) is 91.3 cm³/mol. The Labute approximate surface area is 142 Å². The normalized spacial score (nSPS) is 16.3. The van der Waals surface area contributed by atoms with Crippen LogP contribution in [0.25, 0.3) is 0 Å². The molecule has 0 radical (unpaired) electrons. The summed E-state index contributed by atoms with van der Waals surface area (Å²) in [5, 5.41) is 3.95. The van der Waals surface area contributed by atoms with E-state index in [9.17, 15) is 0 Å². The van der Waals surface area contributed by atoms with Gasteiger partial charge < -0.3 is 14.0 Å². The molecule has 6 heteroatoms. The lowest BCUT2D eigenvalue weighted by Gasteiger charge is -2.34. The van der Waals surface area contributed by atoms with Gasteiger partial charge in [-0.25, -0.2) is 0 Å². The minimum Gasteiger partial charge on any atom is -0.497 e. The highest BCUT2D eigenvalue weighted by molar-refractivity contribution is 5.40. The van der Waals surface area contributed by atoms with Crippen molar-refractivity contribution in [1.82, 2.24) is 15.0 Å². The maximum absolute atomic E-state index is 5.48. The Morgan fingerprint density at radius 3 is 2.29 bits per heavy atom. The third kappa shape index (κ3) is 4.07. The molecule has 2 heterocycles. The summed E-state index contributed by atoms with van der Waals surface area (Å²) in [7, 11) is 3.40. The smallest absolute Gasteiger partial charge is 0.150 e. The number of nitrogens with zero attached hydrogens (tertiary/aromatic N) is 3. The fourth-order valence-corrected chi connectivity index (χ4v) is 3.06. The molecule has 1 aliphatic rings. The van der Waals surface area contributed by atoms with Gasteiger partial charge in [-0.05, 0) is 25.1 Å². The average Bonchev–Trinajstić information content (AvgIpc) is 3.01. The van der Waals surface area contributed by atoms with E-state index < -0.39 is 0 Å². The number of ether oxygens (including phenoxy) is 2. The molecular weight excluding hydrogens is 306 g/mol. The van der Waals surface area contributed by atoms with Gasteiger partial charge in [0.15, 0.2) is 5.76 Å². The zero-order valence-corrected chi connectivity index (χ0v) is 14.6. The van der Waals surface area contributed by atoms with Crippen LogP contribution in [-0.2, 0) is 13.1 Å². The number of hydrogen-bond donors (Lipinski definition) is 0. The molecule has 1 aromatic heterocycles. The van der Waals surface area contributed by atoms with Gasteiger partial charge in [-0.3, -0.25) is 9.80 Å². The maximum atomic E-state index is 5.48. The van der Waals surface area contributed by atoms with Crippen molar-refractivity contribution in [3.8, 4) is 11.5 Å². The van der Waals surface area contributed by atoms with Gasteiger partial charge in [0.1, 0.15) is 11.5 Å². The van der Waals surface area contributed by atoms with Gasteiger partial charge in [-0.2, -0.15) is 0 Å². The number of aryl methyl sites for hydroxylation is 1. The average molecular weight is 331 g/mol. The number of hydrogen-bond acceptors (Lipinski definition) is 6. The first-order chi connectivity index (χ1) is 11.7. The lowest BCUT2D eigenvalue weighted by atomic mass is 10.1. The van der Waals surface area contributed by atoms with E-state index in [4.69, 9.17) is 14.0 Å². The first-order valence-electron chi connectivity index (χ1n) is 8.25. The summed E-state index contributed by atoms with van der Waals surface area (Å²) in [4.78, 5) is 4.85. The second kappa shape index (κ2) is 7.68. The molecule has 1 aliphatic heterocycles. The Balaban J connectivity index is 1.55. The molecule has 1 aromatic carbocycles. The molecule has 24 heavy (non-hydrogen) atoms. The van der Waals surface area contributed by atoms with Crippen molar-refractivity contribution < 1.29 is 14.0 Å². The van der Waals surface area contributed by atoms with Crippen molar-refractivity contribution in [2.45, 2.75) is 20.0 Å². The van der Waals surface area contributed by atoms with Crippen molar-refractivity contribution in [3.63, 3.8) is 0 Å². The molecular formula is C18H25N3O3. The van der Waals surface area contributed by atoms with Crippen LogP contribution >= 0.6 is 0 Å². The first kappa shape index (κ1) is 16.8. The highest BCUT2D eigenvalue weighted by atomic mass is 16.5. The molecule has 0 unspecified atom stereocenters. The van der Waals surface area contributed by atoms with Crippen LogP contribution < -0.4 is 9.47 Å². The summed E-state index contributed by atoms with van der Waals surface area (Å²) >= 11 is 0. The molecule has 0 N–H and O–H groups in total. The Kier molecular flexibility index (Phi) is 5.37. The zero-order chi connectivity index (χ0) is 16.9. The van der Waals surface area contributed by atoms with Crippen molar-refractivity contribution in [2.24, 2.45) is 0 Å². The van der Waals surface area contributed by atoms with E-state index in [2.05, 4.69) is 21.0 Å². The van der Waals surface area contributed by atoms with Crippen LogP contribution in [0.3, 0.4) is 0 Å². The molecule has 0 aliphatic carbocycles. The van der Waals surface area contributed by atoms with E-state index in [1.54, 1.807) is 14.2 Å². The summed E-state index contributed by atoms with van der Waals surface area (Å²) in [6, 6.07) is 7.96. The summed E-state index contributed by atoms with van der Waals surface area (Å²) in [5.74, 6) is 2.72. The monoisotopic (exact) mass is 331 g/mol. The van der Waals surface area contributed by atoms with Crippen molar-refractivity contribution in [1.29, 1.82) is 0 Å². The molecule has 6 nitrogen and oxygen atoms in total. The Hall–Kier alpha value is -2.05. The molecule has 3 rings (SSSR count). The van der Waals surface area contributed by atoms with E-state index >= 15 is 0 Å². The van der Waals surface area contributed by atoms with E-state index in [0.717, 1.165) is 67.8 Å². The number of piperazine rings is 1.